The molecule has 18 heavy (non-hydrogen) atoms. The molecule has 0 N–H and O–H groups in total. The van der Waals surface area contributed by atoms with Gasteiger partial charge in [-0.05, 0) is 18.9 Å². The minimum absolute atomic E-state index is 0.135. The highest BCUT2D eigenvalue weighted by Crippen LogP contribution is 2.33. The van der Waals surface area contributed by atoms with E-state index >= 15 is 0 Å². The molecular formula is C12H17N3O2S. The van der Waals surface area contributed by atoms with Gasteiger partial charge in [-0.1, -0.05) is 12.8 Å². The summed E-state index contributed by atoms with van der Waals surface area (Å²) in [4.78, 5) is 8.06. The van der Waals surface area contributed by atoms with Gasteiger partial charge in [0, 0.05) is 30.9 Å². The van der Waals surface area contributed by atoms with Gasteiger partial charge in [0.25, 0.3) is 0 Å². The maximum Gasteiger partial charge on any atom is 0.217 e. The van der Waals surface area contributed by atoms with Gasteiger partial charge in [-0.15, -0.1) is 0 Å². The molecule has 1 saturated carbocycles. The molecule has 3 rings (SSSR count). The summed E-state index contributed by atoms with van der Waals surface area (Å²) >= 11 is 0. The van der Waals surface area contributed by atoms with Crippen LogP contribution in [0.1, 0.15) is 37.3 Å². The lowest BCUT2D eigenvalue weighted by Gasteiger charge is -2.39. The second kappa shape index (κ2) is 4.59. The van der Waals surface area contributed by atoms with Gasteiger partial charge in [-0.25, -0.2) is 22.7 Å². The Hall–Kier alpha value is -1.01. The van der Waals surface area contributed by atoms with E-state index in [1.165, 1.54) is 6.33 Å². The van der Waals surface area contributed by atoms with Crippen LogP contribution in [0, 0.1) is 0 Å². The molecule has 1 saturated heterocycles. The zero-order valence-corrected chi connectivity index (χ0v) is 11.0. The van der Waals surface area contributed by atoms with Gasteiger partial charge in [-0.2, -0.15) is 0 Å². The average molecular weight is 267 g/mol. The molecule has 0 unspecified atom stereocenters. The smallest absolute Gasteiger partial charge is 0.217 e. The van der Waals surface area contributed by atoms with E-state index in [1.807, 2.05) is 6.07 Å². The molecule has 2 aliphatic rings. The third-order valence-corrected chi connectivity index (χ3v) is 6.29. The molecule has 1 aromatic heterocycles. The van der Waals surface area contributed by atoms with Crippen molar-refractivity contribution in [2.24, 2.45) is 0 Å². The third kappa shape index (κ3) is 2.03. The summed E-state index contributed by atoms with van der Waals surface area (Å²) in [5, 5.41) is -0.135. The molecule has 5 nitrogen and oxygen atoms in total. The van der Waals surface area contributed by atoms with E-state index in [1.54, 1.807) is 10.5 Å². The Morgan fingerprint density at radius 3 is 2.56 bits per heavy atom. The molecule has 0 spiro atoms. The SMILES string of the molecule is O=S(=O)(C1CCCC1)N1CC(c2ccncn2)C1. The van der Waals surface area contributed by atoms with Crippen molar-refractivity contribution in [1.29, 1.82) is 0 Å². The number of sulfonamides is 1. The van der Waals surface area contributed by atoms with Crippen molar-refractivity contribution in [2.45, 2.75) is 36.9 Å². The highest BCUT2D eigenvalue weighted by Gasteiger charge is 2.41. The van der Waals surface area contributed by atoms with E-state index in [9.17, 15) is 8.42 Å². The number of rotatable bonds is 3. The van der Waals surface area contributed by atoms with Gasteiger partial charge in [0.2, 0.25) is 10.0 Å². The Morgan fingerprint density at radius 1 is 1.22 bits per heavy atom. The first-order valence-corrected chi connectivity index (χ1v) is 7.93. The third-order valence-electron chi connectivity index (χ3n) is 3.95. The molecule has 6 heteroatoms. The standard InChI is InChI=1S/C12H17N3O2S/c16-18(17,11-3-1-2-4-11)15-7-10(8-15)12-5-6-13-9-14-12/h5-6,9-11H,1-4,7-8H2. The Balaban J connectivity index is 1.65. The van der Waals surface area contributed by atoms with Crippen LogP contribution in [0.15, 0.2) is 18.6 Å². The van der Waals surface area contributed by atoms with Crippen molar-refractivity contribution in [3.8, 4) is 0 Å². The van der Waals surface area contributed by atoms with Gasteiger partial charge in [0.05, 0.1) is 5.25 Å². The fourth-order valence-corrected chi connectivity index (χ4v) is 4.90. The summed E-state index contributed by atoms with van der Waals surface area (Å²) in [6.45, 7) is 1.16. The van der Waals surface area contributed by atoms with Crippen molar-refractivity contribution in [3.63, 3.8) is 0 Å². The zero-order chi connectivity index (χ0) is 12.6. The van der Waals surface area contributed by atoms with Crippen molar-refractivity contribution in [3.05, 3.63) is 24.3 Å². The normalized spacial score (nSPS) is 23.1. The van der Waals surface area contributed by atoms with E-state index in [4.69, 9.17) is 0 Å². The van der Waals surface area contributed by atoms with Crippen LogP contribution in [0.3, 0.4) is 0 Å². The van der Waals surface area contributed by atoms with Crippen LogP contribution in [0.2, 0.25) is 0 Å². The maximum atomic E-state index is 12.3. The fourth-order valence-electron chi connectivity index (χ4n) is 2.77. The molecule has 0 atom stereocenters. The van der Waals surface area contributed by atoms with Crippen LogP contribution in [0.25, 0.3) is 0 Å². The van der Waals surface area contributed by atoms with Crippen LogP contribution in [0.4, 0.5) is 0 Å². The van der Waals surface area contributed by atoms with E-state index in [0.717, 1.165) is 31.4 Å². The summed E-state index contributed by atoms with van der Waals surface area (Å²) in [5.74, 6) is 0.240. The largest absolute Gasteiger partial charge is 0.245 e. The summed E-state index contributed by atoms with van der Waals surface area (Å²) in [5.41, 5.74) is 0.947. The molecule has 1 aromatic rings. The topological polar surface area (TPSA) is 63.2 Å². The van der Waals surface area contributed by atoms with Gasteiger partial charge in [-0.3, -0.25) is 0 Å². The highest BCUT2D eigenvalue weighted by atomic mass is 32.2. The van der Waals surface area contributed by atoms with E-state index in [0.29, 0.717) is 13.1 Å². The minimum Gasteiger partial charge on any atom is -0.245 e. The molecular weight excluding hydrogens is 250 g/mol. The summed E-state index contributed by atoms with van der Waals surface area (Å²) in [6.07, 6.45) is 6.98. The first-order chi connectivity index (χ1) is 8.68. The molecule has 1 aliphatic carbocycles. The number of hydrogen-bond acceptors (Lipinski definition) is 4. The first-order valence-electron chi connectivity index (χ1n) is 6.43. The Bertz CT molecular complexity index is 505. The molecule has 0 amide bonds. The molecule has 2 heterocycles. The van der Waals surface area contributed by atoms with Gasteiger partial charge in [0.1, 0.15) is 6.33 Å². The lowest BCUT2D eigenvalue weighted by molar-refractivity contribution is 0.257. The number of nitrogens with zero attached hydrogens (tertiary/aromatic N) is 3. The van der Waals surface area contributed by atoms with E-state index in [-0.39, 0.29) is 11.2 Å². The predicted octanol–water partition coefficient (Wildman–Crippen LogP) is 1.15. The van der Waals surface area contributed by atoms with Crippen molar-refractivity contribution in [1.82, 2.24) is 14.3 Å². The Morgan fingerprint density at radius 2 is 1.94 bits per heavy atom. The van der Waals surface area contributed by atoms with Crippen LogP contribution in [-0.4, -0.2) is 41.0 Å². The first kappa shape index (κ1) is 12.0. The lowest BCUT2D eigenvalue weighted by atomic mass is 9.99. The van der Waals surface area contributed by atoms with Crippen LogP contribution in [-0.2, 0) is 10.0 Å². The molecule has 98 valence electrons. The maximum absolute atomic E-state index is 12.3. The zero-order valence-electron chi connectivity index (χ0n) is 10.2. The van der Waals surface area contributed by atoms with Crippen LogP contribution in [0.5, 0.6) is 0 Å². The van der Waals surface area contributed by atoms with E-state index in [2.05, 4.69) is 9.97 Å². The Kier molecular flexibility index (Phi) is 3.07. The summed E-state index contributed by atoms with van der Waals surface area (Å²) in [7, 11) is -3.05. The molecule has 1 aliphatic heterocycles. The van der Waals surface area contributed by atoms with Crippen molar-refractivity contribution in [2.75, 3.05) is 13.1 Å². The highest BCUT2D eigenvalue weighted by molar-refractivity contribution is 7.89. The number of hydrogen-bond donors (Lipinski definition) is 0. The van der Waals surface area contributed by atoms with Gasteiger partial charge in [0.15, 0.2) is 0 Å². The van der Waals surface area contributed by atoms with Crippen LogP contribution >= 0.6 is 0 Å². The Labute approximate surface area is 107 Å². The minimum atomic E-state index is -3.05. The average Bonchev–Trinajstić information content (AvgIpc) is 2.82. The molecule has 0 radical (unpaired) electrons. The monoisotopic (exact) mass is 267 g/mol. The summed E-state index contributed by atoms with van der Waals surface area (Å²) < 4.78 is 26.2. The van der Waals surface area contributed by atoms with E-state index < -0.39 is 10.0 Å². The van der Waals surface area contributed by atoms with Gasteiger partial charge >= 0.3 is 0 Å². The summed E-state index contributed by atoms with van der Waals surface area (Å²) in [6, 6.07) is 1.87. The second-order valence-electron chi connectivity index (χ2n) is 5.10. The second-order valence-corrected chi connectivity index (χ2v) is 7.31. The predicted molar refractivity (Wildman–Crippen MR) is 67.5 cm³/mol. The fraction of sp³-hybridized carbons (Fsp3) is 0.667. The van der Waals surface area contributed by atoms with Crippen molar-refractivity contribution >= 4 is 10.0 Å². The molecule has 0 aromatic carbocycles. The molecule has 2 fully saturated rings. The van der Waals surface area contributed by atoms with Gasteiger partial charge < -0.3 is 0 Å². The lowest BCUT2D eigenvalue weighted by Crippen LogP contribution is -2.51. The number of aromatic nitrogens is 2. The van der Waals surface area contributed by atoms with Crippen molar-refractivity contribution < 1.29 is 8.42 Å². The van der Waals surface area contributed by atoms with Crippen LogP contribution < -0.4 is 0 Å². The quantitative estimate of drug-likeness (QED) is 0.824. The molecule has 0 bridgehead atoms.